The van der Waals surface area contributed by atoms with Gasteiger partial charge in [0.05, 0.1) is 0 Å². The van der Waals surface area contributed by atoms with Gasteiger partial charge in [-0.25, -0.2) is 0 Å². The second kappa shape index (κ2) is 10.6. The fourth-order valence-corrected chi connectivity index (χ4v) is 3.30. The molecule has 5 nitrogen and oxygen atoms in total. The first-order valence-corrected chi connectivity index (χ1v) is 8.80. The fraction of sp³-hybridized carbons (Fsp3) is 0.579. The Labute approximate surface area is 168 Å². The van der Waals surface area contributed by atoms with Crippen LogP contribution in [0.1, 0.15) is 43.2 Å². The van der Waals surface area contributed by atoms with Crippen molar-refractivity contribution >= 4 is 35.8 Å². The van der Waals surface area contributed by atoms with Gasteiger partial charge in [-0.2, -0.15) is 0 Å². The van der Waals surface area contributed by atoms with E-state index in [-0.39, 0.29) is 29.9 Å². The number of benzene rings is 1. The molecule has 3 N–H and O–H groups in total. The van der Waals surface area contributed by atoms with Crippen molar-refractivity contribution in [1.82, 2.24) is 10.2 Å². The fourth-order valence-electron chi connectivity index (χ4n) is 3.30. The summed E-state index contributed by atoms with van der Waals surface area (Å²) in [4.78, 5) is 17.8. The molecule has 1 saturated heterocycles. The van der Waals surface area contributed by atoms with E-state index in [4.69, 9.17) is 5.73 Å². The molecular formula is C19H31IN4O. The van der Waals surface area contributed by atoms with Crippen LogP contribution in [0, 0.1) is 12.8 Å². The Morgan fingerprint density at radius 3 is 2.68 bits per heavy atom. The number of aryl methyl sites for hydroxylation is 1. The van der Waals surface area contributed by atoms with Crippen LogP contribution in [0.15, 0.2) is 29.3 Å². The maximum Gasteiger partial charge on any atom is 0.217 e. The van der Waals surface area contributed by atoms with Gasteiger partial charge in [0, 0.05) is 33.1 Å². The Bertz CT molecular complexity index is 573. The first-order valence-electron chi connectivity index (χ1n) is 8.80. The van der Waals surface area contributed by atoms with Gasteiger partial charge >= 0.3 is 0 Å². The predicted molar refractivity (Wildman–Crippen MR) is 114 cm³/mol. The average molecular weight is 458 g/mol. The molecule has 0 aliphatic carbocycles. The first-order chi connectivity index (χ1) is 11.5. The SMILES string of the molecule is CN=C(NCC(C)c1ccc(C)cc1)N1CCCC(CC(N)=O)C1.I. The van der Waals surface area contributed by atoms with Crippen LogP contribution in [0.25, 0.3) is 0 Å². The van der Waals surface area contributed by atoms with Crippen LogP contribution >= 0.6 is 24.0 Å². The lowest BCUT2D eigenvalue weighted by Crippen LogP contribution is -2.47. The van der Waals surface area contributed by atoms with E-state index >= 15 is 0 Å². The molecule has 0 bridgehead atoms. The molecule has 140 valence electrons. The van der Waals surface area contributed by atoms with Crippen LogP contribution in [0.2, 0.25) is 0 Å². The van der Waals surface area contributed by atoms with E-state index in [2.05, 4.69) is 53.3 Å². The molecule has 1 aromatic carbocycles. The number of carbonyl (C=O) groups excluding carboxylic acids is 1. The maximum absolute atomic E-state index is 11.2. The number of nitrogens with one attached hydrogen (secondary N) is 1. The smallest absolute Gasteiger partial charge is 0.217 e. The Morgan fingerprint density at radius 2 is 2.08 bits per heavy atom. The number of nitrogens with two attached hydrogens (primary N) is 1. The van der Waals surface area contributed by atoms with Crippen molar-refractivity contribution in [3.05, 3.63) is 35.4 Å². The molecule has 1 aromatic rings. The van der Waals surface area contributed by atoms with Crippen LogP contribution in [-0.4, -0.2) is 43.4 Å². The number of primary amides is 1. The summed E-state index contributed by atoms with van der Waals surface area (Å²) in [5.74, 6) is 1.46. The zero-order valence-electron chi connectivity index (χ0n) is 15.5. The molecule has 1 aliphatic heterocycles. The van der Waals surface area contributed by atoms with Crippen LogP contribution in [0.4, 0.5) is 0 Å². The lowest BCUT2D eigenvalue weighted by atomic mass is 9.95. The number of hydrogen-bond donors (Lipinski definition) is 2. The number of halogens is 1. The van der Waals surface area contributed by atoms with E-state index < -0.39 is 0 Å². The standard InChI is InChI=1S/C19H30N4O.HI/c1-14-6-8-17(9-7-14)15(2)12-22-19(21-3)23-10-4-5-16(13-23)11-18(20)24;/h6-9,15-16H,4-5,10-13H2,1-3H3,(H2,20,24)(H,21,22);1H. The molecule has 2 atom stereocenters. The predicted octanol–water partition coefficient (Wildman–Crippen LogP) is 2.88. The highest BCUT2D eigenvalue weighted by Crippen LogP contribution is 2.20. The van der Waals surface area contributed by atoms with Gasteiger partial charge in [-0.1, -0.05) is 36.8 Å². The van der Waals surface area contributed by atoms with Gasteiger partial charge in [-0.05, 0) is 37.2 Å². The van der Waals surface area contributed by atoms with E-state index in [1.165, 1.54) is 11.1 Å². The summed E-state index contributed by atoms with van der Waals surface area (Å²) in [6, 6.07) is 8.68. The highest BCUT2D eigenvalue weighted by atomic mass is 127. The molecular weight excluding hydrogens is 427 g/mol. The summed E-state index contributed by atoms with van der Waals surface area (Å²) >= 11 is 0. The molecule has 0 radical (unpaired) electrons. The van der Waals surface area contributed by atoms with Gasteiger partial charge in [0.25, 0.3) is 0 Å². The minimum Gasteiger partial charge on any atom is -0.370 e. The average Bonchev–Trinajstić information content (AvgIpc) is 2.55. The molecule has 1 heterocycles. The number of carbonyl (C=O) groups is 1. The zero-order chi connectivity index (χ0) is 17.5. The number of aliphatic imine (C=N–C) groups is 1. The number of guanidine groups is 1. The molecule has 1 amide bonds. The van der Waals surface area contributed by atoms with Gasteiger partial charge in [0.1, 0.15) is 0 Å². The molecule has 2 unspecified atom stereocenters. The van der Waals surface area contributed by atoms with Crippen molar-refractivity contribution in [2.75, 3.05) is 26.7 Å². The molecule has 0 aromatic heterocycles. The molecule has 0 saturated carbocycles. The molecule has 0 spiro atoms. The third-order valence-electron chi connectivity index (χ3n) is 4.73. The summed E-state index contributed by atoms with van der Waals surface area (Å²) < 4.78 is 0. The number of nitrogens with zero attached hydrogens (tertiary/aromatic N) is 2. The van der Waals surface area contributed by atoms with Crippen molar-refractivity contribution in [3.8, 4) is 0 Å². The molecule has 2 rings (SSSR count). The summed E-state index contributed by atoms with van der Waals surface area (Å²) in [5.41, 5.74) is 7.96. The summed E-state index contributed by atoms with van der Waals surface area (Å²) in [5, 5.41) is 3.49. The number of rotatable bonds is 5. The number of amides is 1. The highest BCUT2D eigenvalue weighted by molar-refractivity contribution is 14.0. The van der Waals surface area contributed by atoms with E-state index in [0.29, 0.717) is 18.3 Å². The Kier molecular flexibility index (Phi) is 9.24. The normalized spacial score (nSPS) is 19.1. The highest BCUT2D eigenvalue weighted by Gasteiger charge is 2.23. The van der Waals surface area contributed by atoms with Crippen LogP contribution in [0.5, 0.6) is 0 Å². The topological polar surface area (TPSA) is 70.7 Å². The number of hydrogen-bond acceptors (Lipinski definition) is 2. The van der Waals surface area contributed by atoms with Gasteiger partial charge in [0.15, 0.2) is 5.96 Å². The van der Waals surface area contributed by atoms with E-state index in [9.17, 15) is 4.79 Å². The van der Waals surface area contributed by atoms with Crippen LogP contribution in [0.3, 0.4) is 0 Å². The third kappa shape index (κ3) is 6.84. The summed E-state index contributed by atoms with van der Waals surface area (Å²) in [6.07, 6.45) is 2.61. The molecule has 25 heavy (non-hydrogen) atoms. The number of piperidine rings is 1. The van der Waals surface area contributed by atoms with E-state index in [1.54, 1.807) is 0 Å². The third-order valence-corrected chi connectivity index (χ3v) is 4.73. The minimum absolute atomic E-state index is 0. The zero-order valence-corrected chi connectivity index (χ0v) is 17.8. The molecule has 6 heteroatoms. The van der Waals surface area contributed by atoms with Crippen LogP contribution < -0.4 is 11.1 Å². The van der Waals surface area contributed by atoms with Crippen molar-refractivity contribution in [1.29, 1.82) is 0 Å². The maximum atomic E-state index is 11.2. The Morgan fingerprint density at radius 1 is 1.40 bits per heavy atom. The molecule has 1 fully saturated rings. The Hall–Kier alpha value is -1.31. The Balaban J connectivity index is 0.00000312. The van der Waals surface area contributed by atoms with Gasteiger partial charge < -0.3 is 16.0 Å². The van der Waals surface area contributed by atoms with Crippen molar-refractivity contribution in [2.45, 2.75) is 39.0 Å². The summed E-state index contributed by atoms with van der Waals surface area (Å²) in [7, 11) is 1.82. The van der Waals surface area contributed by atoms with E-state index in [1.807, 2.05) is 7.05 Å². The van der Waals surface area contributed by atoms with Crippen molar-refractivity contribution < 1.29 is 4.79 Å². The van der Waals surface area contributed by atoms with Gasteiger partial charge in [-0.15, -0.1) is 24.0 Å². The summed E-state index contributed by atoms with van der Waals surface area (Å²) in [6.45, 7) is 6.99. The molecule has 1 aliphatic rings. The second-order valence-electron chi connectivity index (χ2n) is 6.86. The lowest BCUT2D eigenvalue weighted by Gasteiger charge is -2.35. The van der Waals surface area contributed by atoms with Crippen LogP contribution in [-0.2, 0) is 4.79 Å². The quantitative estimate of drug-likeness (QED) is 0.405. The lowest BCUT2D eigenvalue weighted by molar-refractivity contribution is -0.119. The van der Waals surface area contributed by atoms with Crippen molar-refractivity contribution in [2.24, 2.45) is 16.6 Å². The first kappa shape index (κ1) is 21.7. The van der Waals surface area contributed by atoms with Gasteiger partial charge in [-0.3, -0.25) is 9.79 Å². The van der Waals surface area contributed by atoms with E-state index in [0.717, 1.165) is 38.4 Å². The second-order valence-corrected chi connectivity index (χ2v) is 6.86. The van der Waals surface area contributed by atoms with Gasteiger partial charge in [0.2, 0.25) is 5.91 Å². The monoisotopic (exact) mass is 458 g/mol. The minimum atomic E-state index is -0.210. The largest absolute Gasteiger partial charge is 0.370 e. The number of likely N-dealkylation sites (tertiary alicyclic amines) is 1. The van der Waals surface area contributed by atoms with Crippen molar-refractivity contribution in [3.63, 3.8) is 0 Å².